The van der Waals surface area contributed by atoms with Crippen LogP contribution in [0.1, 0.15) is 25.0 Å². The normalized spacial score (nSPS) is 10.6. The summed E-state index contributed by atoms with van der Waals surface area (Å²) < 4.78 is 5.75. The summed E-state index contributed by atoms with van der Waals surface area (Å²) in [5.74, 6) is 1.42. The average Bonchev–Trinajstić information content (AvgIpc) is 2.67. The van der Waals surface area contributed by atoms with E-state index in [1.54, 1.807) is 0 Å². The molecule has 0 spiro atoms. The van der Waals surface area contributed by atoms with Gasteiger partial charge >= 0.3 is 0 Å². The average molecular weight is 332 g/mol. The number of benzene rings is 3. The molecule has 0 fully saturated rings. The van der Waals surface area contributed by atoms with Gasteiger partial charge in [0.05, 0.1) is 6.61 Å². The van der Waals surface area contributed by atoms with Crippen LogP contribution in [-0.2, 0) is 6.54 Å². The maximum absolute atomic E-state index is 8.78. The molecule has 3 aromatic carbocycles. The van der Waals surface area contributed by atoms with Gasteiger partial charge in [-0.2, -0.15) is 0 Å². The maximum atomic E-state index is 8.78. The smallest absolute Gasteiger partial charge is 0.128 e. The SMILES string of the molecule is CCOc1ccc(C(=N)N(CC)Cc2ccccc2)c2ccccc12. The summed E-state index contributed by atoms with van der Waals surface area (Å²) in [7, 11) is 0. The lowest BCUT2D eigenvalue weighted by atomic mass is 10.0. The zero-order chi connectivity index (χ0) is 17.6. The van der Waals surface area contributed by atoms with Crippen LogP contribution in [0.5, 0.6) is 5.75 Å². The second-order valence-electron chi connectivity index (χ2n) is 5.94. The second-order valence-corrected chi connectivity index (χ2v) is 5.94. The number of rotatable bonds is 6. The van der Waals surface area contributed by atoms with E-state index >= 15 is 0 Å². The Hall–Kier alpha value is -2.81. The minimum Gasteiger partial charge on any atom is -0.493 e. The summed E-state index contributed by atoms with van der Waals surface area (Å²) in [6.07, 6.45) is 0. The topological polar surface area (TPSA) is 36.3 Å². The van der Waals surface area contributed by atoms with Gasteiger partial charge in [0.25, 0.3) is 0 Å². The molecule has 3 aromatic rings. The van der Waals surface area contributed by atoms with Crippen molar-refractivity contribution in [1.82, 2.24) is 4.90 Å². The van der Waals surface area contributed by atoms with Crippen molar-refractivity contribution in [3.63, 3.8) is 0 Å². The van der Waals surface area contributed by atoms with Gasteiger partial charge in [0.1, 0.15) is 11.6 Å². The zero-order valence-corrected chi connectivity index (χ0v) is 14.8. The van der Waals surface area contributed by atoms with E-state index in [1.165, 1.54) is 5.56 Å². The lowest BCUT2D eigenvalue weighted by Crippen LogP contribution is -2.30. The summed E-state index contributed by atoms with van der Waals surface area (Å²) in [5.41, 5.74) is 2.15. The van der Waals surface area contributed by atoms with Crippen LogP contribution in [0.25, 0.3) is 10.8 Å². The molecule has 0 aliphatic heterocycles. The Kier molecular flexibility index (Phi) is 5.34. The Morgan fingerprint density at radius 1 is 0.880 bits per heavy atom. The first-order chi connectivity index (χ1) is 12.2. The maximum Gasteiger partial charge on any atom is 0.128 e. The van der Waals surface area contributed by atoms with Gasteiger partial charge in [-0.05, 0) is 36.9 Å². The molecular weight excluding hydrogens is 308 g/mol. The van der Waals surface area contributed by atoms with E-state index < -0.39 is 0 Å². The van der Waals surface area contributed by atoms with E-state index in [4.69, 9.17) is 10.1 Å². The van der Waals surface area contributed by atoms with Crippen LogP contribution in [0, 0.1) is 5.41 Å². The highest BCUT2D eigenvalue weighted by molar-refractivity contribution is 6.09. The van der Waals surface area contributed by atoms with Gasteiger partial charge in [-0.25, -0.2) is 0 Å². The molecule has 3 nitrogen and oxygen atoms in total. The molecule has 0 unspecified atom stereocenters. The van der Waals surface area contributed by atoms with Crippen LogP contribution < -0.4 is 4.74 Å². The Morgan fingerprint density at radius 2 is 1.56 bits per heavy atom. The molecule has 0 aromatic heterocycles. The van der Waals surface area contributed by atoms with Crippen molar-refractivity contribution in [3.8, 4) is 5.75 Å². The van der Waals surface area contributed by atoms with Gasteiger partial charge in [0.15, 0.2) is 0 Å². The Labute approximate surface area is 149 Å². The summed E-state index contributed by atoms with van der Waals surface area (Å²) in [4.78, 5) is 2.09. The van der Waals surface area contributed by atoms with Crippen molar-refractivity contribution >= 4 is 16.6 Å². The first-order valence-corrected chi connectivity index (χ1v) is 8.77. The third-order valence-corrected chi connectivity index (χ3v) is 4.35. The van der Waals surface area contributed by atoms with Crippen LogP contribution in [0.4, 0.5) is 0 Å². The van der Waals surface area contributed by atoms with Crippen molar-refractivity contribution < 1.29 is 4.74 Å². The quantitative estimate of drug-likeness (QED) is 0.504. The van der Waals surface area contributed by atoms with E-state index in [2.05, 4.69) is 36.1 Å². The molecule has 128 valence electrons. The Balaban J connectivity index is 1.97. The molecule has 0 amide bonds. The van der Waals surface area contributed by atoms with Crippen LogP contribution in [0.3, 0.4) is 0 Å². The molecule has 1 N–H and O–H groups in total. The fourth-order valence-electron chi connectivity index (χ4n) is 3.08. The van der Waals surface area contributed by atoms with Gasteiger partial charge in [-0.3, -0.25) is 5.41 Å². The fourth-order valence-corrected chi connectivity index (χ4v) is 3.08. The number of hydrogen-bond donors (Lipinski definition) is 1. The standard InChI is InChI=1S/C22H24N2O/c1-3-24(16-17-10-6-5-7-11-17)22(23)20-14-15-21(25-4-2)19-13-9-8-12-18(19)20/h5-15,23H,3-4,16H2,1-2H3. The van der Waals surface area contributed by atoms with Gasteiger partial charge in [-0.1, -0.05) is 54.6 Å². The molecule has 0 saturated heterocycles. The van der Waals surface area contributed by atoms with Crippen molar-refractivity contribution in [3.05, 3.63) is 77.9 Å². The molecule has 0 bridgehead atoms. The zero-order valence-electron chi connectivity index (χ0n) is 14.8. The number of nitrogens with one attached hydrogen (secondary N) is 1. The number of hydrogen-bond acceptors (Lipinski definition) is 2. The van der Waals surface area contributed by atoms with Crippen molar-refractivity contribution in [2.75, 3.05) is 13.2 Å². The highest BCUT2D eigenvalue weighted by Gasteiger charge is 2.15. The molecule has 25 heavy (non-hydrogen) atoms. The number of ether oxygens (including phenoxy) is 1. The molecule has 0 aliphatic carbocycles. The van der Waals surface area contributed by atoms with Gasteiger partial charge in [-0.15, -0.1) is 0 Å². The van der Waals surface area contributed by atoms with Gasteiger partial charge in [0.2, 0.25) is 0 Å². The van der Waals surface area contributed by atoms with Crippen LogP contribution in [-0.4, -0.2) is 23.9 Å². The highest BCUT2D eigenvalue weighted by atomic mass is 16.5. The van der Waals surface area contributed by atoms with Crippen molar-refractivity contribution in [2.24, 2.45) is 0 Å². The Bertz CT molecular complexity index is 858. The van der Waals surface area contributed by atoms with Gasteiger partial charge < -0.3 is 9.64 Å². The molecule has 0 atom stereocenters. The van der Waals surface area contributed by atoms with E-state index in [9.17, 15) is 0 Å². The van der Waals surface area contributed by atoms with Crippen LogP contribution >= 0.6 is 0 Å². The van der Waals surface area contributed by atoms with E-state index in [1.807, 2.05) is 49.4 Å². The lowest BCUT2D eigenvalue weighted by Gasteiger charge is -2.25. The van der Waals surface area contributed by atoms with Crippen molar-refractivity contribution in [2.45, 2.75) is 20.4 Å². The summed E-state index contributed by atoms with van der Waals surface area (Å²) in [5, 5.41) is 10.9. The van der Waals surface area contributed by atoms with Crippen LogP contribution in [0.2, 0.25) is 0 Å². The third kappa shape index (κ3) is 3.66. The minimum absolute atomic E-state index is 0.547. The molecule has 3 rings (SSSR count). The minimum atomic E-state index is 0.547. The number of amidine groups is 1. The molecule has 0 aliphatic rings. The first-order valence-electron chi connectivity index (χ1n) is 8.77. The summed E-state index contributed by atoms with van der Waals surface area (Å²) in [6, 6.07) is 22.4. The largest absolute Gasteiger partial charge is 0.493 e. The van der Waals surface area contributed by atoms with E-state index in [-0.39, 0.29) is 0 Å². The fraction of sp³-hybridized carbons (Fsp3) is 0.227. The first kappa shape index (κ1) is 17.0. The number of fused-ring (bicyclic) bond motifs is 1. The number of nitrogens with zero attached hydrogens (tertiary/aromatic N) is 1. The van der Waals surface area contributed by atoms with E-state index in [0.717, 1.165) is 35.2 Å². The van der Waals surface area contributed by atoms with Crippen molar-refractivity contribution in [1.29, 1.82) is 5.41 Å². The molecule has 0 heterocycles. The third-order valence-electron chi connectivity index (χ3n) is 4.35. The highest BCUT2D eigenvalue weighted by Crippen LogP contribution is 2.29. The molecular formula is C22H24N2O. The molecule has 3 heteroatoms. The van der Waals surface area contributed by atoms with Crippen LogP contribution in [0.15, 0.2) is 66.7 Å². The summed E-state index contributed by atoms with van der Waals surface area (Å²) in [6.45, 7) is 6.24. The lowest BCUT2D eigenvalue weighted by molar-refractivity contribution is 0.344. The second kappa shape index (κ2) is 7.84. The molecule has 0 radical (unpaired) electrons. The predicted octanol–water partition coefficient (Wildman–Crippen LogP) is 5.09. The summed E-state index contributed by atoms with van der Waals surface area (Å²) >= 11 is 0. The predicted molar refractivity (Wildman–Crippen MR) is 104 cm³/mol. The Morgan fingerprint density at radius 3 is 2.24 bits per heavy atom. The van der Waals surface area contributed by atoms with E-state index in [0.29, 0.717) is 12.4 Å². The van der Waals surface area contributed by atoms with Gasteiger partial charge in [0, 0.05) is 24.0 Å². The molecule has 0 saturated carbocycles. The monoisotopic (exact) mass is 332 g/mol.